The molecule has 1 aromatic heterocycles. The first-order valence-corrected chi connectivity index (χ1v) is 7.36. The fraction of sp³-hybridized carbons (Fsp3) is 0.471. The van der Waals surface area contributed by atoms with Crippen LogP contribution in [-0.2, 0) is 20.0 Å². The van der Waals surface area contributed by atoms with Gasteiger partial charge in [0.2, 0.25) is 0 Å². The maximum atomic E-state index is 4.45. The predicted octanol–water partition coefficient (Wildman–Crippen LogP) is 3.22. The van der Waals surface area contributed by atoms with Crippen molar-refractivity contribution < 1.29 is 0 Å². The van der Waals surface area contributed by atoms with Gasteiger partial charge >= 0.3 is 0 Å². The van der Waals surface area contributed by atoms with Gasteiger partial charge in [-0.05, 0) is 35.4 Å². The number of nitrogens with zero attached hydrogens (tertiary/aromatic N) is 2. The number of nitrogens with one attached hydrogen (secondary N) is 1. The molecule has 0 amide bonds. The zero-order valence-corrected chi connectivity index (χ0v) is 12.6. The Bertz CT molecular complexity index is 598. The van der Waals surface area contributed by atoms with Gasteiger partial charge in [0.05, 0.1) is 5.69 Å². The molecule has 2 aromatic rings. The fourth-order valence-corrected chi connectivity index (χ4v) is 3.22. The van der Waals surface area contributed by atoms with Crippen molar-refractivity contribution in [3.8, 4) is 0 Å². The summed E-state index contributed by atoms with van der Waals surface area (Å²) in [6, 6.07) is 11.3. The first-order chi connectivity index (χ1) is 9.56. The van der Waals surface area contributed by atoms with Crippen LogP contribution in [0.5, 0.6) is 0 Å². The summed E-state index contributed by atoms with van der Waals surface area (Å²) in [5.41, 5.74) is 4.33. The van der Waals surface area contributed by atoms with E-state index < -0.39 is 0 Å². The van der Waals surface area contributed by atoms with Crippen molar-refractivity contribution in [3.63, 3.8) is 0 Å². The van der Waals surface area contributed by atoms with Crippen LogP contribution in [0.3, 0.4) is 0 Å². The second kappa shape index (κ2) is 5.06. The van der Waals surface area contributed by atoms with Gasteiger partial charge in [-0.2, -0.15) is 5.10 Å². The lowest BCUT2D eigenvalue weighted by atomic mass is 9.70. The van der Waals surface area contributed by atoms with Gasteiger partial charge in [-0.25, -0.2) is 0 Å². The summed E-state index contributed by atoms with van der Waals surface area (Å²) < 4.78 is 1.86. The third-order valence-corrected chi connectivity index (χ3v) is 4.44. The number of fused-ring (bicyclic) bond motifs is 1. The summed E-state index contributed by atoms with van der Waals surface area (Å²) in [4.78, 5) is 0. The Labute approximate surface area is 121 Å². The van der Waals surface area contributed by atoms with Crippen LogP contribution in [-0.4, -0.2) is 9.78 Å². The van der Waals surface area contributed by atoms with Gasteiger partial charge < -0.3 is 5.32 Å². The van der Waals surface area contributed by atoms with Gasteiger partial charge in [-0.3, -0.25) is 4.68 Å². The van der Waals surface area contributed by atoms with Gasteiger partial charge in [0.25, 0.3) is 0 Å². The van der Waals surface area contributed by atoms with Crippen LogP contribution in [0.2, 0.25) is 0 Å². The van der Waals surface area contributed by atoms with E-state index in [0.717, 1.165) is 12.2 Å². The number of hydrogen-bond acceptors (Lipinski definition) is 2. The summed E-state index contributed by atoms with van der Waals surface area (Å²) in [7, 11) is 1.96. The van der Waals surface area contributed by atoms with Crippen molar-refractivity contribution in [3.05, 3.63) is 53.3 Å². The van der Waals surface area contributed by atoms with Crippen LogP contribution in [0.4, 0.5) is 0 Å². The van der Waals surface area contributed by atoms with E-state index in [4.69, 9.17) is 0 Å². The van der Waals surface area contributed by atoms with E-state index in [1.165, 1.54) is 24.0 Å². The molecular weight excluding hydrogens is 246 g/mol. The summed E-state index contributed by atoms with van der Waals surface area (Å²) in [5.74, 6) is 0. The third-order valence-electron chi connectivity index (χ3n) is 4.44. The Hall–Kier alpha value is -1.61. The van der Waals surface area contributed by atoms with Gasteiger partial charge in [0.15, 0.2) is 0 Å². The van der Waals surface area contributed by atoms with E-state index in [-0.39, 0.29) is 5.41 Å². The number of hydrogen-bond donors (Lipinski definition) is 1. The lowest BCUT2D eigenvalue weighted by molar-refractivity contribution is 0.207. The van der Waals surface area contributed by atoms with Crippen LogP contribution < -0.4 is 5.32 Å². The summed E-state index contributed by atoms with van der Waals surface area (Å²) in [6.07, 6.45) is 4.41. The number of aryl methyl sites for hydroxylation is 2. The maximum absolute atomic E-state index is 4.45. The average Bonchev–Trinajstić information content (AvgIpc) is 2.83. The number of rotatable bonds is 3. The number of aromatic nitrogens is 2. The minimum Gasteiger partial charge on any atom is -0.304 e. The van der Waals surface area contributed by atoms with E-state index in [9.17, 15) is 0 Å². The molecule has 0 saturated carbocycles. The Morgan fingerprint density at radius 3 is 2.85 bits per heavy atom. The van der Waals surface area contributed by atoms with Crippen molar-refractivity contribution in [2.45, 2.75) is 39.3 Å². The zero-order valence-electron chi connectivity index (χ0n) is 12.6. The maximum Gasteiger partial charge on any atom is 0.0762 e. The highest BCUT2D eigenvalue weighted by molar-refractivity contribution is 5.34. The van der Waals surface area contributed by atoms with Crippen LogP contribution in [0.25, 0.3) is 0 Å². The molecule has 1 aromatic carbocycles. The summed E-state index contributed by atoms with van der Waals surface area (Å²) in [6.45, 7) is 5.54. The second-order valence-corrected chi connectivity index (χ2v) is 6.48. The molecule has 1 aliphatic carbocycles. The van der Waals surface area contributed by atoms with Crippen molar-refractivity contribution in [2.75, 3.05) is 0 Å². The molecule has 0 bridgehead atoms. The Balaban J connectivity index is 1.82. The Kier molecular flexibility index (Phi) is 3.38. The Morgan fingerprint density at radius 1 is 1.30 bits per heavy atom. The molecule has 1 N–H and O–H groups in total. The minimum atomic E-state index is 0.281. The SMILES string of the molecule is Cn1ccc(CNC2c3ccccc3CCC2(C)C)n1. The average molecular weight is 269 g/mol. The van der Waals surface area contributed by atoms with E-state index in [2.05, 4.69) is 54.6 Å². The molecule has 0 saturated heterocycles. The van der Waals surface area contributed by atoms with Crippen molar-refractivity contribution in [1.82, 2.24) is 15.1 Å². The Morgan fingerprint density at radius 2 is 2.10 bits per heavy atom. The van der Waals surface area contributed by atoms with Crippen molar-refractivity contribution in [1.29, 1.82) is 0 Å². The molecule has 106 valence electrons. The smallest absolute Gasteiger partial charge is 0.0762 e. The number of benzene rings is 1. The first kappa shape index (κ1) is 13.4. The molecule has 3 heteroatoms. The third kappa shape index (κ3) is 2.50. The molecular formula is C17H23N3. The lowest BCUT2D eigenvalue weighted by Gasteiger charge is -2.40. The molecule has 0 spiro atoms. The van der Waals surface area contributed by atoms with Crippen molar-refractivity contribution >= 4 is 0 Å². The van der Waals surface area contributed by atoms with E-state index in [0.29, 0.717) is 6.04 Å². The van der Waals surface area contributed by atoms with Crippen LogP contribution >= 0.6 is 0 Å². The minimum absolute atomic E-state index is 0.281. The highest BCUT2D eigenvalue weighted by Gasteiger charge is 2.35. The monoisotopic (exact) mass is 269 g/mol. The largest absolute Gasteiger partial charge is 0.304 e. The van der Waals surface area contributed by atoms with E-state index in [1.807, 2.05) is 17.9 Å². The molecule has 1 unspecified atom stereocenters. The molecule has 0 aliphatic heterocycles. The highest BCUT2D eigenvalue weighted by atomic mass is 15.3. The van der Waals surface area contributed by atoms with E-state index >= 15 is 0 Å². The van der Waals surface area contributed by atoms with Gasteiger partial charge in [0.1, 0.15) is 0 Å². The molecule has 0 fully saturated rings. The molecule has 20 heavy (non-hydrogen) atoms. The van der Waals surface area contributed by atoms with Crippen molar-refractivity contribution in [2.24, 2.45) is 12.5 Å². The standard InChI is InChI=1S/C17H23N3/c1-17(2)10-8-13-6-4-5-7-15(13)16(17)18-12-14-9-11-20(3)19-14/h4-7,9,11,16,18H,8,10,12H2,1-3H3. The van der Waals surface area contributed by atoms with Gasteiger partial charge in [0, 0.05) is 25.8 Å². The van der Waals surface area contributed by atoms with Crippen LogP contribution in [0, 0.1) is 5.41 Å². The molecule has 0 radical (unpaired) electrons. The first-order valence-electron chi connectivity index (χ1n) is 7.36. The zero-order chi connectivity index (χ0) is 14.2. The molecule has 3 nitrogen and oxygen atoms in total. The summed E-state index contributed by atoms with van der Waals surface area (Å²) in [5, 5.41) is 8.17. The lowest BCUT2D eigenvalue weighted by Crippen LogP contribution is -2.37. The quantitative estimate of drug-likeness (QED) is 0.927. The molecule has 1 aliphatic rings. The van der Waals surface area contributed by atoms with Gasteiger partial charge in [-0.15, -0.1) is 0 Å². The van der Waals surface area contributed by atoms with Gasteiger partial charge in [-0.1, -0.05) is 38.1 Å². The molecule has 1 atom stereocenters. The molecule has 3 rings (SSSR count). The normalized spacial score (nSPS) is 20.6. The van der Waals surface area contributed by atoms with E-state index in [1.54, 1.807) is 0 Å². The summed E-state index contributed by atoms with van der Waals surface area (Å²) >= 11 is 0. The topological polar surface area (TPSA) is 29.9 Å². The molecule has 1 heterocycles. The highest BCUT2D eigenvalue weighted by Crippen LogP contribution is 2.43. The fourth-order valence-electron chi connectivity index (χ4n) is 3.22. The predicted molar refractivity (Wildman–Crippen MR) is 81.3 cm³/mol. The second-order valence-electron chi connectivity index (χ2n) is 6.48. The van der Waals surface area contributed by atoms with Crippen LogP contribution in [0.1, 0.15) is 43.1 Å². The van der Waals surface area contributed by atoms with Crippen LogP contribution in [0.15, 0.2) is 36.5 Å².